The number of hydrogen-bond acceptors (Lipinski definition) is 3. The molecule has 16 heavy (non-hydrogen) atoms. The predicted molar refractivity (Wildman–Crippen MR) is 65.0 cm³/mol. The zero-order valence-electron chi connectivity index (χ0n) is 9.26. The monoisotopic (exact) mass is 214 g/mol. The van der Waals surface area contributed by atoms with Gasteiger partial charge in [0.1, 0.15) is 6.29 Å². The molecule has 0 spiro atoms. The van der Waals surface area contributed by atoms with Crippen LogP contribution >= 0.6 is 0 Å². The minimum Gasteiger partial charge on any atom is -0.374 e. The molecule has 0 aliphatic heterocycles. The summed E-state index contributed by atoms with van der Waals surface area (Å²) < 4.78 is 0. The van der Waals surface area contributed by atoms with Crippen molar-refractivity contribution in [2.75, 3.05) is 18.5 Å². The second kappa shape index (κ2) is 6.41. The number of benzene rings is 1. The number of aldehydes is 1. The second-order valence-corrected chi connectivity index (χ2v) is 3.42. The van der Waals surface area contributed by atoms with Gasteiger partial charge >= 0.3 is 0 Å². The number of allylic oxidation sites excluding steroid dienone is 1. The number of carbonyl (C=O) groups is 1. The van der Waals surface area contributed by atoms with Crippen LogP contribution in [0.25, 0.3) is 6.08 Å². The van der Waals surface area contributed by atoms with Gasteiger partial charge < -0.3 is 4.90 Å². The summed E-state index contributed by atoms with van der Waals surface area (Å²) in [5.41, 5.74) is 2.06. The van der Waals surface area contributed by atoms with Crippen LogP contribution in [0.3, 0.4) is 0 Å². The summed E-state index contributed by atoms with van der Waals surface area (Å²) in [6, 6.07) is 9.95. The van der Waals surface area contributed by atoms with E-state index in [0.717, 1.165) is 24.1 Å². The average Bonchev–Trinajstić information content (AvgIpc) is 2.34. The van der Waals surface area contributed by atoms with Crippen molar-refractivity contribution < 1.29 is 4.79 Å². The van der Waals surface area contributed by atoms with E-state index in [9.17, 15) is 4.79 Å². The molecule has 0 saturated heterocycles. The summed E-state index contributed by atoms with van der Waals surface area (Å²) in [4.78, 5) is 12.2. The molecule has 0 heterocycles. The van der Waals surface area contributed by atoms with Gasteiger partial charge in [-0.1, -0.05) is 18.2 Å². The Labute approximate surface area is 95.6 Å². The van der Waals surface area contributed by atoms with Crippen LogP contribution in [0.5, 0.6) is 0 Å². The molecule has 1 aromatic carbocycles. The Kier molecular flexibility index (Phi) is 4.81. The van der Waals surface area contributed by atoms with Gasteiger partial charge in [0.25, 0.3) is 0 Å². The molecular weight excluding hydrogens is 200 g/mol. The fraction of sp³-hybridized carbons (Fsp3) is 0.231. The molecule has 82 valence electrons. The first-order valence-electron chi connectivity index (χ1n) is 5.08. The first-order valence-corrected chi connectivity index (χ1v) is 5.08. The zero-order chi connectivity index (χ0) is 11.8. The second-order valence-electron chi connectivity index (χ2n) is 3.42. The molecule has 0 aliphatic carbocycles. The lowest BCUT2D eigenvalue weighted by Crippen LogP contribution is -2.17. The van der Waals surface area contributed by atoms with E-state index in [0.29, 0.717) is 6.42 Å². The van der Waals surface area contributed by atoms with Crippen molar-refractivity contribution in [3.05, 3.63) is 35.9 Å². The standard InChI is InChI=1S/C13H14N2O/c1-15(10-3-9-14)13-7-5-12(6-8-13)4-2-11-16/h2,4-8,11H,3,10H2,1H3/b4-2+. The van der Waals surface area contributed by atoms with Gasteiger partial charge in [-0.25, -0.2) is 0 Å². The van der Waals surface area contributed by atoms with E-state index in [4.69, 9.17) is 5.26 Å². The van der Waals surface area contributed by atoms with Gasteiger partial charge in [0.05, 0.1) is 12.5 Å². The molecule has 1 rings (SSSR count). The number of carbonyl (C=O) groups excluding carboxylic acids is 1. The lowest BCUT2D eigenvalue weighted by molar-refractivity contribution is -0.104. The zero-order valence-corrected chi connectivity index (χ0v) is 9.26. The third-order valence-electron chi connectivity index (χ3n) is 2.26. The quantitative estimate of drug-likeness (QED) is 0.557. The van der Waals surface area contributed by atoms with Gasteiger partial charge in [-0.05, 0) is 23.8 Å². The SMILES string of the molecule is CN(CCC#N)c1ccc(/C=C/C=O)cc1. The molecule has 1 aromatic rings. The van der Waals surface area contributed by atoms with E-state index < -0.39 is 0 Å². The maximum Gasteiger partial charge on any atom is 0.142 e. The Morgan fingerprint density at radius 1 is 1.38 bits per heavy atom. The molecule has 3 heteroatoms. The summed E-state index contributed by atoms with van der Waals surface area (Å²) >= 11 is 0. The van der Waals surface area contributed by atoms with E-state index >= 15 is 0 Å². The molecule has 0 radical (unpaired) electrons. The summed E-state index contributed by atoms with van der Waals surface area (Å²) in [6.07, 6.45) is 4.50. The van der Waals surface area contributed by atoms with E-state index in [2.05, 4.69) is 6.07 Å². The van der Waals surface area contributed by atoms with E-state index in [-0.39, 0.29) is 0 Å². The number of anilines is 1. The van der Waals surface area contributed by atoms with E-state index in [1.165, 1.54) is 6.08 Å². The molecule has 3 nitrogen and oxygen atoms in total. The summed E-state index contributed by atoms with van der Waals surface area (Å²) in [7, 11) is 1.95. The van der Waals surface area contributed by atoms with Gasteiger partial charge in [0.2, 0.25) is 0 Å². The van der Waals surface area contributed by atoms with Crippen LogP contribution in [-0.2, 0) is 4.79 Å². The van der Waals surface area contributed by atoms with E-state index in [1.54, 1.807) is 6.08 Å². The molecule has 0 N–H and O–H groups in total. The van der Waals surface area contributed by atoms with Crippen LogP contribution in [0.2, 0.25) is 0 Å². The Balaban J connectivity index is 2.67. The Hall–Kier alpha value is -2.08. The predicted octanol–water partition coefficient (Wildman–Crippen LogP) is 2.25. The van der Waals surface area contributed by atoms with Crippen molar-refractivity contribution in [1.29, 1.82) is 5.26 Å². The third-order valence-corrected chi connectivity index (χ3v) is 2.26. The smallest absolute Gasteiger partial charge is 0.142 e. The van der Waals surface area contributed by atoms with Gasteiger partial charge in [0.15, 0.2) is 0 Å². The van der Waals surface area contributed by atoms with Gasteiger partial charge in [-0.15, -0.1) is 0 Å². The maximum atomic E-state index is 10.1. The maximum absolute atomic E-state index is 10.1. The van der Waals surface area contributed by atoms with Crippen LogP contribution in [0.1, 0.15) is 12.0 Å². The molecular formula is C13H14N2O. The van der Waals surface area contributed by atoms with Gasteiger partial charge in [-0.2, -0.15) is 5.26 Å². The van der Waals surface area contributed by atoms with Crippen LogP contribution in [0.4, 0.5) is 5.69 Å². The van der Waals surface area contributed by atoms with Crippen molar-refractivity contribution in [2.24, 2.45) is 0 Å². The van der Waals surface area contributed by atoms with Crippen molar-refractivity contribution in [3.63, 3.8) is 0 Å². The van der Waals surface area contributed by atoms with Crippen molar-refractivity contribution in [1.82, 2.24) is 0 Å². The van der Waals surface area contributed by atoms with Crippen molar-refractivity contribution >= 4 is 18.0 Å². The first-order chi connectivity index (χ1) is 7.77. The minimum absolute atomic E-state index is 0.517. The highest BCUT2D eigenvalue weighted by molar-refractivity contribution is 5.74. The van der Waals surface area contributed by atoms with Gasteiger partial charge in [0, 0.05) is 19.3 Å². The lowest BCUT2D eigenvalue weighted by Gasteiger charge is -2.17. The number of nitrogens with zero attached hydrogens (tertiary/aromatic N) is 2. The van der Waals surface area contributed by atoms with Crippen molar-refractivity contribution in [2.45, 2.75) is 6.42 Å². The molecule has 0 aliphatic rings. The summed E-state index contributed by atoms with van der Waals surface area (Å²) in [6.45, 7) is 0.722. The Morgan fingerprint density at radius 3 is 2.62 bits per heavy atom. The molecule has 0 atom stereocenters. The largest absolute Gasteiger partial charge is 0.374 e. The highest BCUT2D eigenvalue weighted by Crippen LogP contribution is 2.14. The number of hydrogen-bond donors (Lipinski definition) is 0. The topological polar surface area (TPSA) is 44.1 Å². The Morgan fingerprint density at radius 2 is 2.06 bits per heavy atom. The first kappa shape index (κ1) is 12.0. The molecule has 0 bridgehead atoms. The fourth-order valence-electron chi connectivity index (χ4n) is 1.34. The van der Waals surface area contributed by atoms with Crippen LogP contribution in [-0.4, -0.2) is 19.9 Å². The molecule has 0 amide bonds. The van der Waals surface area contributed by atoms with Crippen LogP contribution < -0.4 is 4.90 Å². The number of nitriles is 1. The molecule has 0 unspecified atom stereocenters. The average molecular weight is 214 g/mol. The third kappa shape index (κ3) is 3.58. The van der Waals surface area contributed by atoms with E-state index in [1.807, 2.05) is 36.2 Å². The fourth-order valence-corrected chi connectivity index (χ4v) is 1.34. The van der Waals surface area contributed by atoms with Gasteiger partial charge in [-0.3, -0.25) is 4.79 Å². The summed E-state index contributed by atoms with van der Waals surface area (Å²) in [5.74, 6) is 0. The normalized spacial score (nSPS) is 10.0. The highest BCUT2D eigenvalue weighted by atomic mass is 16.1. The molecule has 0 saturated carbocycles. The Bertz CT molecular complexity index is 401. The number of rotatable bonds is 5. The van der Waals surface area contributed by atoms with Crippen molar-refractivity contribution in [3.8, 4) is 6.07 Å². The summed E-state index contributed by atoms with van der Waals surface area (Å²) in [5, 5.41) is 8.48. The van der Waals surface area contributed by atoms with Crippen LogP contribution in [0, 0.1) is 11.3 Å². The lowest BCUT2D eigenvalue weighted by atomic mass is 10.2. The highest BCUT2D eigenvalue weighted by Gasteiger charge is 1.99. The molecule has 0 aromatic heterocycles. The molecule has 0 fully saturated rings. The minimum atomic E-state index is 0.517. The van der Waals surface area contributed by atoms with Crippen LogP contribution in [0.15, 0.2) is 30.3 Å².